The van der Waals surface area contributed by atoms with Crippen LogP contribution in [-0.2, 0) is 0 Å². The van der Waals surface area contributed by atoms with E-state index in [0.717, 1.165) is 9.40 Å². The third-order valence-electron chi connectivity index (χ3n) is 3.39. The van der Waals surface area contributed by atoms with E-state index >= 15 is 0 Å². The molecule has 0 spiro atoms. The Morgan fingerprint density at radius 2 is 1.85 bits per heavy atom. The Balaban J connectivity index is 2.06. The summed E-state index contributed by atoms with van der Waals surface area (Å²) in [6, 6.07) is 12.9. The van der Waals surface area contributed by atoms with Crippen LogP contribution < -0.4 is 5.73 Å². The van der Waals surface area contributed by atoms with Gasteiger partial charge in [-0.25, -0.2) is 0 Å². The van der Waals surface area contributed by atoms with Gasteiger partial charge in [-0.05, 0) is 23.1 Å². The van der Waals surface area contributed by atoms with E-state index in [-0.39, 0.29) is 0 Å². The molecule has 0 bridgehead atoms. The van der Waals surface area contributed by atoms with E-state index in [1.54, 1.807) is 11.3 Å². The van der Waals surface area contributed by atoms with Gasteiger partial charge in [0.1, 0.15) is 11.1 Å². The van der Waals surface area contributed by atoms with E-state index in [0.29, 0.717) is 16.5 Å². The molecule has 2 heterocycles. The number of hydrogen-bond acceptors (Lipinski definition) is 4. The molecule has 0 radical (unpaired) electrons. The standard InChI is InChI=1S/C16H14N2S2/c1-9(2)10-3-5-11(6-4-10)14-7-12-13(8-17)15(18)20-16(12)19-14/h3-7,9H,18H2,1-2H3. The Kier molecular flexibility index (Phi) is 3.25. The van der Waals surface area contributed by atoms with E-state index in [4.69, 9.17) is 11.0 Å². The molecule has 0 aliphatic carbocycles. The third kappa shape index (κ3) is 2.09. The minimum atomic E-state index is 0.542. The van der Waals surface area contributed by atoms with Crippen molar-refractivity contribution in [3.05, 3.63) is 41.5 Å². The van der Waals surface area contributed by atoms with Crippen molar-refractivity contribution >= 4 is 37.1 Å². The van der Waals surface area contributed by atoms with Crippen molar-refractivity contribution < 1.29 is 0 Å². The molecule has 3 rings (SSSR count). The molecular formula is C16H14N2S2. The van der Waals surface area contributed by atoms with Gasteiger partial charge in [0.25, 0.3) is 0 Å². The molecule has 2 nitrogen and oxygen atoms in total. The zero-order chi connectivity index (χ0) is 14.3. The summed E-state index contributed by atoms with van der Waals surface area (Å²) in [7, 11) is 0. The predicted octanol–water partition coefficient (Wildman–Crippen LogP) is 5.21. The van der Waals surface area contributed by atoms with Crippen molar-refractivity contribution in [3.8, 4) is 16.5 Å². The highest BCUT2D eigenvalue weighted by Crippen LogP contribution is 2.42. The van der Waals surface area contributed by atoms with Gasteiger partial charge in [-0.1, -0.05) is 38.1 Å². The van der Waals surface area contributed by atoms with Crippen molar-refractivity contribution in [2.45, 2.75) is 19.8 Å². The fraction of sp³-hybridized carbons (Fsp3) is 0.188. The second-order valence-electron chi connectivity index (χ2n) is 5.04. The molecule has 0 saturated carbocycles. The minimum absolute atomic E-state index is 0.542. The Morgan fingerprint density at radius 1 is 1.15 bits per heavy atom. The Bertz CT molecular complexity index is 801. The number of benzene rings is 1. The van der Waals surface area contributed by atoms with Crippen LogP contribution in [0.3, 0.4) is 0 Å². The summed E-state index contributed by atoms with van der Waals surface area (Å²) >= 11 is 3.20. The molecule has 0 aliphatic rings. The zero-order valence-electron chi connectivity index (χ0n) is 11.3. The van der Waals surface area contributed by atoms with E-state index < -0.39 is 0 Å². The lowest BCUT2D eigenvalue weighted by atomic mass is 10.0. The first-order valence-electron chi connectivity index (χ1n) is 6.42. The van der Waals surface area contributed by atoms with Gasteiger partial charge in [-0.3, -0.25) is 0 Å². The van der Waals surface area contributed by atoms with Gasteiger partial charge in [0.2, 0.25) is 0 Å². The van der Waals surface area contributed by atoms with Crippen molar-refractivity contribution in [1.29, 1.82) is 5.26 Å². The summed E-state index contributed by atoms with van der Waals surface area (Å²) < 4.78 is 1.13. The molecule has 0 unspecified atom stereocenters. The smallest absolute Gasteiger partial charge is 0.106 e. The first-order chi connectivity index (χ1) is 9.60. The Morgan fingerprint density at radius 3 is 2.45 bits per heavy atom. The Labute approximate surface area is 126 Å². The summed E-state index contributed by atoms with van der Waals surface area (Å²) in [5, 5.41) is 10.8. The second-order valence-corrected chi connectivity index (χ2v) is 7.40. The first-order valence-corrected chi connectivity index (χ1v) is 8.05. The van der Waals surface area contributed by atoms with Gasteiger partial charge < -0.3 is 5.73 Å². The normalized spacial score (nSPS) is 11.1. The van der Waals surface area contributed by atoms with Crippen LogP contribution in [0.1, 0.15) is 30.9 Å². The van der Waals surface area contributed by atoms with Crippen molar-refractivity contribution in [2.75, 3.05) is 5.73 Å². The first kappa shape index (κ1) is 13.2. The number of nitriles is 1. The zero-order valence-corrected chi connectivity index (χ0v) is 12.9. The highest BCUT2D eigenvalue weighted by Gasteiger charge is 2.14. The van der Waals surface area contributed by atoms with E-state index in [2.05, 4.69) is 50.2 Å². The lowest BCUT2D eigenvalue weighted by molar-refractivity contribution is 0.867. The molecule has 4 heteroatoms. The molecule has 3 aromatic rings. The number of rotatable bonds is 2. The molecule has 100 valence electrons. The highest BCUT2D eigenvalue weighted by molar-refractivity contribution is 7.41. The van der Waals surface area contributed by atoms with Crippen molar-refractivity contribution in [3.63, 3.8) is 0 Å². The summed E-state index contributed by atoms with van der Waals surface area (Å²) in [6.07, 6.45) is 0. The second kappa shape index (κ2) is 4.93. The predicted molar refractivity (Wildman–Crippen MR) is 88.4 cm³/mol. The third-order valence-corrected chi connectivity index (χ3v) is 5.70. The molecule has 20 heavy (non-hydrogen) atoms. The average Bonchev–Trinajstić information content (AvgIpc) is 2.95. The highest BCUT2D eigenvalue weighted by atomic mass is 32.2. The number of hydrogen-bond donors (Lipinski definition) is 1. The molecule has 2 N–H and O–H groups in total. The van der Waals surface area contributed by atoms with Crippen LogP contribution in [0.25, 0.3) is 19.8 Å². The molecule has 0 fully saturated rings. The van der Waals surface area contributed by atoms with Crippen LogP contribution in [0, 0.1) is 11.3 Å². The fourth-order valence-electron chi connectivity index (χ4n) is 2.20. The van der Waals surface area contributed by atoms with Crippen molar-refractivity contribution in [2.24, 2.45) is 0 Å². The SMILES string of the molecule is CC(C)c1ccc(-c2cc3c(C#N)c(N)sc3s2)cc1. The van der Waals surface area contributed by atoms with Crippen LogP contribution in [0.2, 0.25) is 0 Å². The largest absolute Gasteiger partial charge is 0.389 e. The van der Waals surface area contributed by atoms with E-state index in [1.165, 1.54) is 27.3 Å². The maximum absolute atomic E-state index is 9.16. The summed E-state index contributed by atoms with van der Waals surface area (Å²) in [5.74, 6) is 0.542. The fourth-order valence-corrected chi connectivity index (χ4v) is 4.53. The number of anilines is 1. The maximum atomic E-state index is 9.16. The number of nitrogens with two attached hydrogens (primary N) is 1. The lowest BCUT2D eigenvalue weighted by Crippen LogP contribution is -1.85. The topological polar surface area (TPSA) is 49.8 Å². The van der Waals surface area contributed by atoms with Crippen molar-refractivity contribution in [1.82, 2.24) is 0 Å². The Hall–Kier alpha value is -1.83. The van der Waals surface area contributed by atoms with Gasteiger partial charge in [0, 0.05) is 10.3 Å². The molecule has 0 amide bonds. The van der Waals surface area contributed by atoms with Gasteiger partial charge in [0.05, 0.1) is 9.58 Å². The molecule has 1 aromatic carbocycles. The number of nitrogen functional groups attached to an aromatic ring is 1. The van der Waals surface area contributed by atoms with Crippen LogP contribution in [0.15, 0.2) is 30.3 Å². The van der Waals surface area contributed by atoms with Gasteiger partial charge in [0.15, 0.2) is 0 Å². The van der Waals surface area contributed by atoms with Gasteiger partial charge >= 0.3 is 0 Å². The minimum Gasteiger partial charge on any atom is -0.389 e. The number of fused-ring (bicyclic) bond motifs is 1. The maximum Gasteiger partial charge on any atom is 0.106 e. The summed E-state index contributed by atoms with van der Waals surface area (Å²) in [6.45, 7) is 4.39. The van der Waals surface area contributed by atoms with Crippen LogP contribution in [-0.4, -0.2) is 0 Å². The average molecular weight is 298 g/mol. The van der Waals surface area contributed by atoms with Crippen LogP contribution in [0.4, 0.5) is 5.00 Å². The molecule has 0 atom stereocenters. The quantitative estimate of drug-likeness (QED) is 0.706. The monoisotopic (exact) mass is 298 g/mol. The molecular weight excluding hydrogens is 284 g/mol. The lowest BCUT2D eigenvalue weighted by Gasteiger charge is -2.05. The van der Waals surface area contributed by atoms with Crippen LogP contribution >= 0.6 is 22.7 Å². The number of nitrogens with zero attached hydrogens (tertiary/aromatic N) is 1. The molecule has 0 saturated heterocycles. The van der Waals surface area contributed by atoms with Gasteiger partial charge in [-0.15, -0.1) is 22.7 Å². The summed E-state index contributed by atoms with van der Waals surface area (Å²) in [5.41, 5.74) is 9.01. The van der Waals surface area contributed by atoms with E-state index in [1.807, 2.05) is 0 Å². The molecule has 0 aliphatic heterocycles. The number of thiophene rings is 2. The van der Waals surface area contributed by atoms with Crippen LogP contribution in [0.5, 0.6) is 0 Å². The van der Waals surface area contributed by atoms with E-state index in [9.17, 15) is 0 Å². The summed E-state index contributed by atoms with van der Waals surface area (Å²) in [4.78, 5) is 1.19. The molecule has 2 aromatic heterocycles. The van der Waals surface area contributed by atoms with Gasteiger partial charge in [-0.2, -0.15) is 5.26 Å².